The van der Waals surface area contributed by atoms with Crippen LogP contribution in [0.25, 0.3) is 0 Å². The Balaban J connectivity index is 0.000000531. The number of benzene rings is 1. The first-order valence-electron chi connectivity index (χ1n) is 5.84. The second-order valence-corrected chi connectivity index (χ2v) is 3.97. The third-order valence-electron chi connectivity index (χ3n) is 2.45. The van der Waals surface area contributed by atoms with Crippen molar-refractivity contribution in [3.63, 3.8) is 0 Å². The van der Waals surface area contributed by atoms with Crippen LogP contribution in [0, 0.1) is 0 Å². The Bertz CT molecular complexity index is 318. The molecule has 0 spiro atoms. The number of hydrogen-bond acceptors (Lipinski definition) is 2. The van der Waals surface area contributed by atoms with E-state index in [1.54, 1.807) is 0 Å². The van der Waals surface area contributed by atoms with Crippen molar-refractivity contribution in [1.82, 2.24) is 0 Å². The summed E-state index contributed by atoms with van der Waals surface area (Å²) in [5, 5.41) is 6.73. The van der Waals surface area contributed by atoms with Crippen LogP contribution >= 0.6 is 0 Å². The van der Waals surface area contributed by atoms with E-state index >= 15 is 0 Å². The number of hydrogen-bond donors (Lipinski definition) is 2. The van der Waals surface area contributed by atoms with E-state index in [0.29, 0.717) is 12.1 Å². The summed E-state index contributed by atoms with van der Waals surface area (Å²) in [5.41, 5.74) is 3.85. The van der Waals surface area contributed by atoms with Gasteiger partial charge in [0, 0.05) is 0 Å². The van der Waals surface area contributed by atoms with Gasteiger partial charge in [0.05, 0.1) is 17.5 Å². The third kappa shape index (κ3) is 2.65. The molecule has 2 heteroatoms. The van der Waals surface area contributed by atoms with E-state index in [2.05, 4.69) is 49.6 Å². The van der Waals surface area contributed by atoms with Crippen molar-refractivity contribution in [2.45, 2.75) is 46.7 Å². The van der Waals surface area contributed by atoms with Crippen molar-refractivity contribution in [2.24, 2.45) is 0 Å². The summed E-state index contributed by atoms with van der Waals surface area (Å²) in [6, 6.07) is 6.58. The second-order valence-electron chi connectivity index (χ2n) is 3.97. The molecule has 1 aromatic carbocycles. The Labute approximate surface area is 93.1 Å². The summed E-state index contributed by atoms with van der Waals surface area (Å²) in [4.78, 5) is 0. The minimum absolute atomic E-state index is 0.359. The van der Waals surface area contributed by atoms with Gasteiger partial charge in [-0.3, -0.25) is 0 Å². The SMILES string of the molecule is CC.CC1Nc2ccc(C(C)C)cc2N1. The van der Waals surface area contributed by atoms with Crippen molar-refractivity contribution >= 4 is 11.4 Å². The molecule has 1 unspecified atom stereocenters. The molecule has 0 aliphatic carbocycles. The molecule has 1 aliphatic heterocycles. The molecular weight excluding hydrogens is 184 g/mol. The maximum absolute atomic E-state index is 3.38. The lowest BCUT2D eigenvalue weighted by Gasteiger charge is -2.06. The highest BCUT2D eigenvalue weighted by Gasteiger charge is 2.15. The van der Waals surface area contributed by atoms with E-state index in [9.17, 15) is 0 Å². The molecule has 2 nitrogen and oxygen atoms in total. The summed E-state index contributed by atoms with van der Waals surface area (Å²) < 4.78 is 0. The maximum atomic E-state index is 3.38. The molecule has 0 saturated carbocycles. The maximum Gasteiger partial charge on any atom is 0.0935 e. The van der Waals surface area contributed by atoms with E-state index in [1.165, 1.54) is 16.9 Å². The van der Waals surface area contributed by atoms with Gasteiger partial charge in [-0.15, -0.1) is 0 Å². The monoisotopic (exact) mass is 206 g/mol. The van der Waals surface area contributed by atoms with Gasteiger partial charge in [-0.05, 0) is 30.5 Å². The average Bonchev–Trinajstić information content (AvgIpc) is 2.59. The lowest BCUT2D eigenvalue weighted by molar-refractivity contribution is 0.867. The van der Waals surface area contributed by atoms with Crippen molar-refractivity contribution in [1.29, 1.82) is 0 Å². The highest BCUT2D eigenvalue weighted by atomic mass is 15.2. The van der Waals surface area contributed by atoms with Crippen molar-refractivity contribution in [3.05, 3.63) is 23.8 Å². The first-order chi connectivity index (χ1) is 7.16. The summed E-state index contributed by atoms with van der Waals surface area (Å²) in [7, 11) is 0. The summed E-state index contributed by atoms with van der Waals surface area (Å²) in [6.45, 7) is 10.6. The molecule has 1 atom stereocenters. The predicted octanol–water partition coefficient (Wildman–Crippen LogP) is 4.02. The number of fused-ring (bicyclic) bond motifs is 1. The van der Waals surface area contributed by atoms with Crippen LogP contribution < -0.4 is 10.6 Å². The second kappa shape index (κ2) is 5.06. The molecule has 0 radical (unpaired) electrons. The highest BCUT2D eigenvalue weighted by Crippen LogP contribution is 2.31. The Morgan fingerprint density at radius 2 is 1.67 bits per heavy atom. The molecule has 0 aromatic heterocycles. The van der Waals surface area contributed by atoms with Crippen LogP contribution in [0.2, 0.25) is 0 Å². The van der Waals surface area contributed by atoms with Gasteiger partial charge in [-0.25, -0.2) is 0 Å². The van der Waals surface area contributed by atoms with E-state index < -0.39 is 0 Å². The first-order valence-corrected chi connectivity index (χ1v) is 5.84. The Morgan fingerprint density at radius 3 is 2.27 bits per heavy atom. The van der Waals surface area contributed by atoms with Gasteiger partial charge < -0.3 is 10.6 Å². The number of anilines is 2. The fraction of sp³-hybridized carbons (Fsp3) is 0.538. The van der Waals surface area contributed by atoms with E-state index in [1.807, 2.05) is 13.8 Å². The van der Waals surface area contributed by atoms with E-state index in [0.717, 1.165) is 0 Å². The topological polar surface area (TPSA) is 24.1 Å². The van der Waals surface area contributed by atoms with Crippen LogP contribution in [0.1, 0.15) is 46.1 Å². The Kier molecular flexibility index (Phi) is 4.01. The molecule has 1 aliphatic rings. The van der Waals surface area contributed by atoms with Crippen LogP contribution in [0.5, 0.6) is 0 Å². The van der Waals surface area contributed by atoms with Gasteiger partial charge in [-0.1, -0.05) is 33.8 Å². The molecule has 0 saturated heterocycles. The lowest BCUT2D eigenvalue weighted by atomic mass is 10.0. The molecule has 1 heterocycles. The quantitative estimate of drug-likeness (QED) is 0.725. The Hall–Kier alpha value is -1.18. The van der Waals surface area contributed by atoms with Crippen molar-refractivity contribution < 1.29 is 0 Å². The van der Waals surface area contributed by atoms with Gasteiger partial charge in [0.25, 0.3) is 0 Å². The van der Waals surface area contributed by atoms with Crippen LogP contribution in [-0.4, -0.2) is 6.17 Å². The smallest absolute Gasteiger partial charge is 0.0935 e. The zero-order chi connectivity index (χ0) is 11.4. The van der Waals surface area contributed by atoms with Gasteiger partial charge >= 0.3 is 0 Å². The first kappa shape index (κ1) is 11.9. The minimum atomic E-state index is 0.359. The van der Waals surface area contributed by atoms with Crippen molar-refractivity contribution in [2.75, 3.05) is 10.6 Å². The predicted molar refractivity (Wildman–Crippen MR) is 68.6 cm³/mol. The van der Waals surface area contributed by atoms with Gasteiger partial charge in [-0.2, -0.15) is 0 Å². The molecule has 84 valence electrons. The van der Waals surface area contributed by atoms with Gasteiger partial charge in [0.15, 0.2) is 0 Å². The fourth-order valence-corrected chi connectivity index (χ4v) is 1.67. The van der Waals surface area contributed by atoms with Gasteiger partial charge in [0.2, 0.25) is 0 Å². The fourth-order valence-electron chi connectivity index (χ4n) is 1.67. The molecule has 1 aromatic rings. The molecule has 2 N–H and O–H groups in total. The van der Waals surface area contributed by atoms with E-state index in [-0.39, 0.29) is 0 Å². The molecule has 2 rings (SSSR count). The summed E-state index contributed by atoms with van der Waals surface area (Å²) in [6.07, 6.45) is 0.359. The highest BCUT2D eigenvalue weighted by molar-refractivity contribution is 5.75. The van der Waals surface area contributed by atoms with Gasteiger partial charge in [0.1, 0.15) is 0 Å². The molecule has 0 amide bonds. The van der Waals surface area contributed by atoms with Crippen LogP contribution in [0.15, 0.2) is 18.2 Å². The van der Waals surface area contributed by atoms with Crippen LogP contribution in [0.3, 0.4) is 0 Å². The van der Waals surface area contributed by atoms with Crippen LogP contribution in [-0.2, 0) is 0 Å². The molecule has 15 heavy (non-hydrogen) atoms. The largest absolute Gasteiger partial charge is 0.364 e. The minimum Gasteiger partial charge on any atom is -0.364 e. The Morgan fingerprint density at radius 1 is 1.07 bits per heavy atom. The van der Waals surface area contributed by atoms with Crippen molar-refractivity contribution in [3.8, 4) is 0 Å². The summed E-state index contributed by atoms with van der Waals surface area (Å²) in [5.74, 6) is 0.600. The lowest BCUT2D eigenvalue weighted by Crippen LogP contribution is -2.16. The zero-order valence-electron chi connectivity index (χ0n) is 10.4. The standard InChI is InChI=1S/C11H16N2.C2H6/c1-7(2)9-4-5-10-11(6-9)13-8(3)12-10;1-2/h4-8,12-13H,1-3H3;1-2H3. The zero-order valence-corrected chi connectivity index (χ0v) is 10.4. The van der Waals surface area contributed by atoms with Crippen LogP contribution in [0.4, 0.5) is 11.4 Å². The van der Waals surface area contributed by atoms with E-state index in [4.69, 9.17) is 0 Å². The number of rotatable bonds is 1. The average molecular weight is 206 g/mol. The molecule has 0 fully saturated rings. The molecular formula is C13H22N2. The third-order valence-corrected chi connectivity index (χ3v) is 2.45. The number of nitrogens with one attached hydrogen (secondary N) is 2. The summed E-state index contributed by atoms with van der Waals surface area (Å²) >= 11 is 0. The normalized spacial score (nSPS) is 17.3. The molecule has 0 bridgehead atoms.